The number of hydrogen-bond acceptors (Lipinski definition) is 5. The molecular weight excluding hydrogens is 696 g/mol. The second-order valence-corrected chi connectivity index (χ2v) is 19.8. The molecule has 5 atom stereocenters. The van der Waals surface area contributed by atoms with Crippen LogP contribution in [0.25, 0.3) is 0 Å². The van der Waals surface area contributed by atoms with E-state index in [0.717, 1.165) is 32.6 Å². The second kappa shape index (κ2) is 13.2. The first-order valence-corrected chi connectivity index (χ1v) is 20.9. The summed E-state index contributed by atoms with van der Waals surface area (Å²) >= 11 is 3.69. The number of aliphatic hydroxyl groups is 1. The van der Waals surface area contributed by atoms with Crippen LogP contribution in [0.3, 0.4) is 0 Å². The van der Waals surface area contributed by atoms with Crippen LogP contribution < -0.4 is 14.8 Å². The van der Waals surface area contributed by atoms with Gasteiger partial charge in [-0.2, -0.15) is 0 Å². The van der Waals surface area contributed by atoms with Gasteiger partial charge in [-0.3, -0.25) is 9.59 Å². The van der Waals surface area contributed by atoms with Crippen LogP contribution in [0.5, 0.6) is 5.75 Å². The SMILES string of the molecule is COc1ccc([Si](C)(C)[C@@H]2[C@@H](CC(=O)N3Cc4ccccc4C[C@H]3CO)O[C@]3(C(=O)N(Cc4ccccc4)c4ccc(Br)cc43)[C@H]2C)cc1. The summed E-state index contributed by atoms with van der Waals surface area (Å²) in [4.78, 5) is 33.2. The Kier molecular flexibility index (Phi) is 9.06. The zero-order chi connectivity index (χ0) is 34.5. The van der Waals surface area contributed by atoms with Crippen LogP contribution in [0.4, 0.5) is 5.69 Å². The number of fused-ring (bicyclic) bond motifs is 3. The van der Waals surface area contributed by atoms with E-state index in [9.17, 15) is 9.90 Å². The van der Waals surface area contributed by atoms with Crippen LogP contribution >= 0.6 is 15.9 Å². The minimum absolute atomic E-state index is 0.0617. The van der Waals surface area contributed by atoms with Gasteiger partial charge in [0.05, 0.1) is 52.6 Å². The average molecular weight is 740 g/mol. The average Bonchev–Trinajstić information content (AvgIpc) is 3.53. The van der Waals surface area contributed by atoms with Gasteiger partial charge in [-0.05, 0) is 59.0 Å². The first-order valence-electron chi connectivity index (χ1n) is 17.0. The quantitative estimate of drug-likeness (QED) is 0.208. The van der Waals surface area contributed by atoms with E-state index < -0.39 is 19.8 Å². The van der Waals surface area contributed by atoms with Crippen molar-refractivity contribution >= 4 is 46.7 Å². The lowest BCUT2D eigenvalue weighted by Gasteiger charge is -2.39. The van der Waals surface area contributed by atoms with E-state index in [1.807, 2.05) is 82.6 Å². The molecule has 1 saturated heterocycles. The summed E-state index contributed by atoms with van der Waals surface area (Å²) in [5.74, 6) is 0.408. The van der Waals surface area contributed by atoms with Crippen molar-refractivity contribution in [3.63, 3.8) is 0 Å². The molecule has 4 aromatic rings. The van der Waals surface area contributed by atoms with Crippen molar-refractivity contribution in [3.8, 4) is 5.75 Å². The third-order valence-corrected chi connectivity index (χ3v) is 16.1. The van der Waals surface area contributed by atoms with Gasteiger partial charge in [-0.25, -0.2) is 0 Å². The monoisotopic (exact) mass is 738 g/mol. The van der Waals surface area contributed by atoms with Gasteiger partial charge < -0.3 is 24.4 Å². The molecule has 4 aromatic carbocycles. The Balaban J connectivity index is 1.30. The number of hydrogen-bond donors (Lipinski definition) is 1. The number of nitrogens with zero attached hydrogens (tertiary/aromatic N) is 2. The third-order valence-electron chi connectivity index (χ3n) is 11.2. The zero-order valence-electron chi connectivity index (χ0n) is 28.4. The maximum atomic E-state index is 15.0. The van der Waals surface area contributed by atoms with Gasteiger partial charge in [0.1, 0.15) is 5.75 Å². The number of aliphatic hydroxyl groups excluding tert-OH is 1. The van der Waals surface area contributed by atoms with Crippen LogP contribution in [-0.2, 0) is 39.4 Å². The Hall–Kier alpha value is -3.76. The first-order chi connectivity index (χ1) is 23.6. The third kappa shape index (κ3) is 5.74. The number of carbonyl (C=O) groups is 2. The lowest BCUT2D eigenvalue weighted by Crippen LogP contribution is -2.52. The van der Waals surface area contributed by atoms with Crippen LogP contribution in [0, 0.1) is 5.92 Å². The topological polar surface area (TPSA) is 79.3 Å². The van der Waals surface area contributed by atoms with E-state index in [-0.39, 0.29) is 42.3 Å². The molecule has 0 aromatic heterocycles. The fraction of sp³-hybridized carbons (Fsp3) is 0.350. The molecule has 2 amide bonds. The van der Waals surface area contributed by atoms with Gasteiger partial charge in [-0.15, -0.1) is 0 Å². The molecule has 0 radical (unpaired) electrons. The molecule has 0 unspecified atom stereocenters. The number of halogens is 1. The van der Waals surface area contributed by atoms with Gasteiger partial charge in [0.25, 0.3) is 5.91 Å². The van der Waals surface area contributed by atoms with Crippen molar-refractivity contribution in [1.29, 1.82) is 0 Å². The highest BCUT2D eigenvalue weighted by atomic mass is 79.9. The minimum Gasteiger partial charge on any atom is -0.497 e. The predicted molar refractivity (Wildman–Crippen MR) is 198 cm³/mol. The molecule has 1 N–H and O–H groups in total. The Morgan fingerprint density at radius 2 is 1.69 bits per heavy atom. The fourth-order valence-corrected chi connectivity index (χ4v) is 13.1. The number of anilines is 1. The highest BCUT2D eigenvalue weighted by Gasteiger charge is 2.66. The number of benzene rings is 4. The van der Waals surface area contributed by atoms with E-state index in [1.54, 1.807) is 7.11 Å². The van der Waals surface area contributed by atoms with E-state index in [0.29, 0.717) is 19.5 Å². The van der Waals surface area contributed by atoms with Crippen LogP contribution in [-0.4, -0.2) is 55.8 Å². The van der Waals surface area contributed by atoms with Gasteiger partial charge in [-0.1, -0.05) is 108 Å². The maximum absolute atomic E-state index is 15.0. The van der Waals surface area contributed by atoms with Crippen molar-refractivity contribution < 1.29 is 24.2 Å². The molecule has 7 rings (SSSR count). The largest absolute Gasteiger partial charge is 0.497 e. The standard InChI is InChI=1S/C40H43BrN2O5Si/c1-26-38(49(3,4)33-17-15-32(47-2)16-18-33)36(22-37(45)42-24-29-13-9-8-12-28(29)20-31(42)25-44)48-40(26)34-21-30(41)14-19-35(34)43(39(40)46)23-27-10-6-5-7-11-27/h5-19,21,26,31,36,38,44H,20,22-25H2,1-4H3/t26-,31-,36+,38-,40+/m0/s1. The molecule has 9 heteroatoms. The summed E-state index contributed by atoms with van der Waals surface area (Å²) in [7, 11) is -0.781. The number of rotatable bonds is 8. The lowest BCUT2D eigenvalue weighted by atomic mass is 9.82. The van der Waals surface area contributed by atoms with Crippen molar-refractivity contribution in [2.75, 3.05) is 18.6 Å². The van der Waals surface area contributed by atoms with Crippen molar-refractivity contribution in [1.82, 2.24) is 4.90 Å². The van der Waals surface area contributed by atoms with Crippen molar-refractivity contribution in [2.45, 2.75) is 69.2 Å². The van der Waals surface area contributed by atoms with E-state index in [2.05, 4.69) is 60.2 Å². The maximum Gasteiger partial charge on any atom is 0.264 e. The van der Waals surface area contributed by atoms with Crippen LogP contribution in [0.15, 0.2) is 102 Å². The van der Waals surface area contributed by atoms with Crippen LogP contribution in [0.1, 0.15) is 35.6 Å². The summed E-state index contributed by atoms with van der Waals surface area (Å²) in [6.07, 6.45) is 0.209. The van der Waals surface area contributed by atoms with Gasteiger partial charge in [0.15, 0.2) is 5.60 Å². The highest BCUT2D eigenvalue weighted by Crippen LogP contribution is 2.60. The Morgan fingerprint density at radius 1 is 1.00 bits per heavy atom. The summed E-state index contributed by atoms with van der Waals surface area (Å²) in [6, 6.07) is 32.1. The van der Waals surface area contributed by atoms with Gasteiger partial charge in [0.2, 0.25) is 5.91 Å². The predicted octanol–water partition coefficient (Wildman–Crippen LogP) is 6.56. The number of carbonyl (C=O) groups excluding carboxylic acids is 2. The smallest absolute Gasteiger partial charge is 0.264 e. The van der Waals surface area contributed by atoms with Gasteiger partial charge in [0, 0.05) is 22.5 Å². The van der Waals surface area contributed by atoms with E-state index in [1.165, 1.54) is 10.8 Å². The summed E-state index contributed by atoms with van der Waals surface area (Å²) in [5.41, 5.74) is 3.64. The number of methoxy groups -OCH3 is 1. The van der Waals surface area contributed by atoms with Crippen LogP contribution in [0.2, 0.25) is 18.6 Å². The van der Waals surface area contributed by atoms with E-state index in [4.69, 9.17) is 9.47 Å². The Bertz CT molecular complexity index is 1870. The minimum atomic E-state index is -2.44. The second-order valence-electron chi connectivity index (χ2n) is 14.2. The zero-order valence-corrected chi connectivity index (χ0v) is 31.0. The molecule has 1 fully saturated rings. The molecule has 0 aliphatic carbocycles. The first kappa shape index (κ1) is 33.7. The Labute approximate surface area is 298 Å². The normalized spacial score (nSPS) is 24.7. The molecule has 3 aliphatic rings. The summed E-state index contributed by atoms with van der Waals surface area (Å²) < 4.78 is 13.6. The fourth-order valence-electron chi connectivity index (χ4n) is 8.74. The molecule has 49 heavy (non-hydrogen) atoms. The summed E-state index contributed by atoms with van der Waals surface area (Å²) in [5, 5.41) is 11.6. The van der Waals surface area contributed by atoms with Gasteiger partial charge >= 0.3 is 0 Å². The molecular formula is C40H43BrN2O5Si. The molecule has 3 heterocycles. The number of amides is 2. The Morgan fingerprint density at radius 3 is 2.39 bits per heavy atom. The number of ether oxygens (including phenoxy) is 2. The molecule has 1 spiro atoms. The van der Waals surface area contributed by atoms with Crippen molar-refractivity contribution in [3.05, 3.63) is 124 Å². The van der Waals surface area contributed by atoms with E-state index >= 15 is 4.79 Å². The molecule has 3 aliphatic heterocycles. The molecule has 0 bridgehead atoms. The van der Waals surface area contributed by atoms with Crippen molar-refractivity contribution in [2.24, 2.45) is 5.92 Å². The molecule has 254 valence electrons. The highest BCUT2D eigenvalue weighted by molar-refractivity contribution is 9.10. The lowest BCUT2D eigenvalue weighted by molar-refractivity contribution is -0.151. The molecule has 0 saturated carbocycles. The summed E-state index contributed by atoms with van der Waals surface area (Å²) in [6.45, 7) is 7.55. The molecule has 7 nitrogen and oxygen atoms in total.